The molecule has 0 radical (unpaired) electrons. The number of carbonyl (C=O) groups is 1. The first kappa shape index (κ1) is 13.4. The van der Waals surface area contributed by atoms with E-state index in [9.17, 15) is 14.3 Å². The predicted octanol–water partition coefficient (Wildman–Crippen LogP) is 3.75. The molecule has 0 atom stereocenters. The highest BCUT2D eigenvalue weighted by Crippen LogP contribution is 2.21. The summed E-state index contributed by atoms with van der Waals surface area (Å²) in [5.74, 6) is -0.792. The fraction of sp³-hybridized carbons (Fsp3) is 0.0714. The zero-order valence-electron chi connectivity index (χ0n) is 10.1. The number of hydrogen-bond donors (Lipinski definition) is 2. The first-order valence-electron chi connectivity index (χ1n) is 5.53. The van der Waals surface area contributed by atoms with Gasteiger partial charge in [-0.05, 0) is 48.9 Å². The molecular formula is C14H11ClFNO2. The summed E-state index contributed by atoms with van der Waals surface area (Å²) in [5, 5.41) is 11.8. The third-order valence-corrected chi connectivity index (χ3v) is 2.92. The fourth-order valence-corrected chi connectivity index (χ4v) is 1.86. The predicted molar refractivity (Wildman–Crippen MR) is 72.2 cm³/mol. The van der Waals surface area contributed by atoms with E-state index in [1.165, 1.54) is 36.4 Å². The third kappa shape index (κ3) is 3.03. The van der Waals surface area contributed by atoms with Crippen molar-refractivity contribution in [3.63, 3.8) is 0 Å². The van der Waals surface area contributed by atoms with Crippen molar-refractivity contribution in [1.82, 2.24) is 0 Å². The number of aryl methyl sites for hydroxylation is 1. The first-order chi connectivity index (χ1) is 8.97. The Balaban J connectivity index is 2.23. The Morgan fingerprint density at radius 1 is 1.26 bits per heavy atom. The number of benzene rings is 2. The molecule has 0 aliphatic carbocycles. The Morgan fingerprint density at radius 3 is 2.63 bits per heavy atom. The molecule has 0 heterocycles. The van der Waals surface area contributed by atoms with Crippen LogP contribution in [0.1, 0.15) is 15.9 Å². The van der Waals surface area contributed by atoms with Crippen molar-refractivity contribution in [3.05, 3.63) is 58.4 Å². The standard InChI is InChI=1S/C14H11ClFNO2/c1-8-6-10(18)3-4-11(8)14(19)17-9-2-5-13(16)12(15)7-9/h2-7,18H,1H3,(H,17,19). The van der Waals surface area contributed by atoms with Gasteiger partial charge in [-0.2, -0.15) is 0 Å². The van der Waals surface area contributed by atoms with Crippen LogP contribution in [-0.2, 0) is 0 Å². The minimum atomic E-state index is -0.541. The van der Waals surface area contributed by atoms with Crippen LogP contribution in [0, 0.1) is 12.7 Å². The van der Waals surface area contributed by atoms with Crippen LogP contribution < -0.4 is 5.32 Å². The summed E-state index contributed by atoms with van der Waals surface area (Å²) in [4.78, 5) is 12.0. The van der Waals surface area contributed by atoms with Gasteiger partial charge in [0.25, 0.3) is 5.91 Å². The smallest absolute Gasteiger partial charge is 0.255 e. The van der Waals surface area contributed by atoms with E-state index < -0.39 is 5.82 Å². The van der Waals surface area contributed by atoms with Crippen LogP contribution in [0.4, 0.5) is 10.1 Å². The molecular weight excluding hydrogens is 269 g/mol. The molecule has 0 saturated carbocycles. The molecule has 3 nitrogen and oxygen atoms in total. The van der Waals surface area contributed by atoms with Gasteiger partial charge in [-0.3, -0.25) is 4.79 Å². The minimum absolute atomic E-state index is 0.0553. The lowest BCUT2D eigenvalue weighted by Gasteiger charge is -2.08. The Labute approximate surface area is 114 Å². The Kier molecular flexibility index (Phi) is 3.71. The topological polar surface area (TPSA) is 49.3 Å². The zero-order valence-corrected chi connectivity index (χ0v) is 10.8. The van der Waals surface area contributed by atoms with Crippen LogP contribution in [0.3, 0.4) is 0 Å². The fourth-order valence-electron chi connectivity index (χ4n) is 1.67. The van der Waals surface area contributed by atoms with Gasteiger partial charge in [0.05, 0.1) is 5.02 Å². The van der Waals surface area contributed by atoms with Crippen LogP contribution in [0.25, 0.3) is 0 Å². The summed E-state index contributed by atoms with van der Waals surface area (Å²) >= 11 is 5.64. The molecule has 1 amide bonds. The van der Waals surface area contributed by atoms with Gasteiger partial charge in [-0.1, -0.05) is 11.6 Å². The summed E-state index contributed by atoms with van der Waals surface area (Å²) in [6.07, 6.45) is 0. The first-order valence-corrected chi connectivity index (χ1v) is 5.91. The van der Waals surface area contributed by atoms with Gasteiger partial charge in [0, 0.05) is 11.3 Å². The average molecular weight is 280 g/mol. The Morgan fingerprint density at radius 2 is 2.00 bits per heavy atom. The second-order valence-electron chi connectivity index (χ2n) is 4.08. The van der Waals surface area contributed by atoms with Crippen molar-refractivity contribution < 1.29 is 14.3 Å². The van der Waals surface area contributed by atoms with Gasteiger partial charge in [-0.25, -0.2) is 4.39 Å². The molecule has 0 unspecified atom stereocenters. The normalized spacial score (nSPS) is 10.3. The summed E-state index contributed by atoms with van der Waals surface area (Å²) in [5.41, 5.74) is 1.48. The molecule has 0 saturated heterocycles. The number of anilines is 1. The van der Waals surface area contributed by atoms with Crippen LogP contribution in [0.15, 0.2) is 36.4 Å². The average Bonchev–Trinajstić information content (AvgIpc) is 2.33. The zero-order chi connectivity index (χ0) is 14.0. The largest absolute Gasteiger partial charge is 0.508 e. The number of halogens is 2. The van der Waals surface area contributed by atoms with Gasteiger partial charge in [0.2, 0.25) is 0 Å². The number of nitrogens with one attached hydrogen (secondary N) is 1. The lowest BCUT2D eigenvalue weighted by Crippen LogP contribution is -2.13. The van der Waals surface area contributed by atoms with E-state index in [-0.39, 0.29) is 16.7 Å². The minimum Gasteiger partial charge on any atom is -0.508 e. The molecule has 98 valence electrons. The van der Waals surface area contributed by atoms with E-state index >= 15 is 0 Å². The van der Waals surface area contributed by atoms with Gasteiger partial charge in [0.15, 0.2) is 0 Å². The highest BCUT2D eigenvalue weighted by atomic mass is 35.5. The highest BCUT2D eigenvalue weighted by molar-refractivity contribution is 6.31. The van der Waals surface area contributed by atoms with Crippen molar-refractivity contribution in [1.29, 1.82) is 0 Å². The van der Waals surface area contributed by atoms with Gasteiger partial charge < -0.3 is 10.4 Å². The molecule has 2 N–H and O–H groups in total. The number of phenolic OH excluding ortho intramolecular Hbond substituents is 1. The molecule has 0 aromatic heterocycles. The summed E-state index contributed by atoms with van der Waals surface area (Å²) in [6.45, 7) is 1.71. The van der Waals surface area contributed by atoms with E-state index in [0.29, 0.717) is 16.8 Å². The number of hydrogen-bond acceptors (Lipinski definition) is 2. The number of amides is 1. The monoisotopic (exact) mass is 279 g/mol. The van der Waals surface area contributed by atoms with Gasteiger partial charge in [-0.15, -0.1) is 0 Å². The maximum absolute atomic E-state index is 13.0. The molecule has 2 aromatic carbocycles. The maximum Gasteiger partial charge on any atom is 0.255 e. The lowest BCUT2D eigenvalue weighted by atomic mass is 10.1. The molecule has 2 rings (SSSR count). The van der Waals surface area contributed by atoms with Crippen molar-refractivity contribution >= 4 is 23.2 Å². The number of carbonyl (C=O) groups excluding carboxylic acids is 1. The van der Waals surface area contributed by atoms with Gasteiger partial charge >= 0.3 is 0 Å². The molecule has 0 bridgehead atoms. The Bertz CT molecular complexity index is 643. The van der Waals surface area contributed by atoms with E-state index in [2.05, 4.69) is 5.32 Å². The van der Waals surface area contributed by atoms with Crippen LogP contribution in [0.2, 0.25) is 5.02 Å². The maximum atomic E-state index is 13.0. The number of phenols is 1. The van der Waals surface area contributed by atoms with E-state index in [4.69, 9.17) is 11.6 Å². The van der Waals surface area contributed by atoms with Gasteiger partial charge in [0.1, 0.15) is 11.6 Å². The molecule has 19 heavy (non-hydrogen) atoms. The molecule has 0 fully saturated rings. The van der Waals surface area contributed by atoms with Crippen LogP contribution in [0.5, 0.6) is 5.75 Å². The van der Waals surface area contributed by atoms with Crippen molar-refractivity contribution in [2.24, 2.45) is 0 Å². The second-order valence-corrected chi connectivity index (χ2v) is 4.49. The molecule has 0 aliphatic heterocycles. The number of aromatic hydroxyl groups is 1. The molecule has 0 spiro atoms. The number of rotatable bonds is 2. The summed E-state index contributed by atoms with van der Waals surface area (Å²) in [7, 11) is 0. The second kappa shape index (κ2) is 5.28. The quantitative estimate of drug-likeness (QED) is 0.880. The lowest BCUT2D eigenvalue weighted by molar-refractivity contribution is 0.102. The highest BCUT2D eigenvalue weighted by Gasteiger charge is 2.10. The van der Waals surface area contributed by atoms with Crippen LogP contribution in [-0.4, -0.2) is 11.0 Å². The van der Waals surface area contributed by atoms with E-state index in [1.807, 2.05) is 0 Å². The van der Waals surface area contributed by atoms with Crippen molar-refractivity contribution in [2.75, 3.05) is 5.32 Å². The van der Waals surface area contributed by atoms with E-state index in [0.717, 1.165) is 0 Å². The summed E-state index contributed by atoms with van der Waals surface area (Å²) in [6, 6.07) is 8.39. The van der Waals surface area contributed by atoms with Crippen LogP contribution >= 0.6 is 11.6 Å². The van der Waals surface area contributed by atoms with E-state index in [1.54, 1.807) is 6.92 Å². The van der Waals surface area contributed by atoms with Crippen molar-refractivity contribution in [3.8, 4) is 5.75 Å². The summed E-state index contributed by atoms with van der Waals surface area (Å²) < 4.78 is 13.0. The third-order valence-electron chi connectivity index (χ3n) is 2.63. The Hall–Kier alpha value is -2.07. The molecule has 0 aliphatic rings. The SMILES string of the molecule is Cc1cc(O)ccc1C(=O)Nc1ccc(F)c(Cl)c1. The molecule has 5 heteroatoms. The van der Waals surface area contributed by atoms with Crippen molar-refractivity contribution in [2.45, 2.75) is 6.92 Å². The molecule has 2 aromatic rings.